The van der Waals surface area contributed by atoms with Crippen LogP contribution >= 0.6 is 0 Å². The molecule has 0 rings (SSSR count). The Morgan fingerprint density at radius 3 is 1.92 bits per heavy atom. The van der Waals surface area contributed by atoms with E-state index in [1.54, 1.807) is 0 Å². The van der Waals surface area contributed by atoms with E-state index in [9.17, 15) is 25.0 Å². The fourth-order valence-electron chi connectivity index (χ4n) is 0.485. The molecule has 0 aromatic heterocycles. The molecule has 0 aromatic rings. The zero-order valence-corrected chi connectivity index (χ0v) is 6.29. The van der Waals surface area contributed by atoms with Gasteiger partial charge in [0, 0.05) is 0 Å². The Balaban J connectivity index is 5.40. The van der Waals surface area contributed by atoms with Crippen LogP contribution in [-0.4, -0.2) is 28.6 Å². The lowest BCUT2D eigenvalue weighted by atomic mass is 10.2. The first-order chi connectivity index (χ1) is 5.93. The third kappa shape index (κ3) is 1.36. The van der Waals surface area contributed by atoms with E-state index in [1.165, 1.54) is 0 Å². The molecule has 0 saturated carbocycles. The summed E-state index contributed by atoms with van der Waals surface area (Å²) in [7, 11) is 0.710. The highest BCUT2D eigenvalue weighted by Crippen LogP contribution is 2.11. The molecule has 0 spiro atoms. The van der Waals surface area contributed by atoms with Crippen molar-refractivity contribution in [1.82, 2.24) is 0 Å². The van der Waals surface area contributed by atoms with Gasteiger partial charge in [0.1, 0.15) is 9.85 Å². The fourth-order valence-corrected chi connectivity index (χ4v) is 0.485. The van der Waals surface area contributed by atoms with Gasteiger partial charge in [0.15, 0.2) is 0 Å². The lowest BCUT2D eigenvalue weighted by Crippen LogP contribution is -2.52. The molecule has 0 fully saturated rings. The number of carbonyl (C=O) groups excluding carboxylic acids is 1. The van der Waals surface area contributed by atoms with Crippen LogP contribution in [0.15, 0.2) is 0 Å². The van der Waals surface area contributed by atoms with Crippen LogP contribution in [0.25, 0.3) is 0 Å². The maximum atomic E-state index is 10.6. The van der Waals surface area contributed by atoms with Gasteiger partial charge in [-0.2, -0.15) is 5.26 Å². The second-order valence-corrected chi connectivity index (χ2v) is 1.79. The molecule has 9 nitrogen and oxygen atoms in total. The van der Waals surface area contributed by atoms with E-state index in [2.05, 4.69) is 4.74 Å². The summed E-state index contributed by atoms with van der Waals surface area (Å²) >= 11 is 0. The normalized spacial score (nSPS) is 9.85. The highest BCUT2D eigenvalue weighted by molar-refractivity contribution is 5.80. The van der Waals surface area contributed by atoms with Crippen LogP contribution in [0.5, 0.6) is 0 Å². The molecule has 0 aliphatic carbocycles. The van der Waals surface area contributed by atoms with E-state index < -0.39 is 21.5 Å². The monoisotopic (exact) mass is 189 g/mol. The van der Waals surface area contributed by atoms with Gasteiger partial charge >= 0.3 is 11.6 Å². The van der Waals surface area contributed by atoms with Gasteiger partial charge in [0.05, 0.1) is 7.11 Å². The van der Waals surface area contributed by atoms with E-state index in [0.29, 0.717) is 13.2 Å². The summed E-state index contributed by atoms with van der Waals surface area (Å²) in [6, 6.07) is 0.692. The maximum absolute atomic E-state index is 10.6. The van der Waals surface area contributed by atoms with Gasteiger partial charge in [-0.3, -0.25) is 20.2 Å². The second-order valence-electron chi connectivity index (χ2n) is 1.79. The van der Waals surface area contributed by atoms with Crippen molar-refractivity contribution in [2.45, 2.75) is 5.66 Å². The van der Waals surface area contributed by atoms with Gasteiger partial charge in [0.25, 0.3) is 0 Å². The first-order valence-electron chi connectivity index (χ1n) is 2.72. The van der Waals surface area contributed by atoms with Crippen LogP contribution in [0.1, 0.15) is 0 Å². The smallest absolute Gasteiger partial charge is 0.457 e. The number of carbonyl (C=O) groups is 1. The maximum Gasteiger partial charge on any atom is 0.640 e. The molecule has 0 N–H and O–H groups in total. The van der Waals surface area contributed by atoms with Crippen molar-refractivity contribution in [3.8, 4) is 6.07 Å². The molecule has 0 aliphatic rings. The Labute approximate surface area is 70.8 Å². The van der Waals surface area contributed by atoms with Crippen molar-refractivity contribution < 1.29 is 19.4 Å². The Morgan fingerprint density at radius 1 is 1.46 bits per heavy atom. The van der Waals surface area contributed by atoms with E-state index >= 15 is 0 Å². The molecule has 0 unspecified atom stereocenters. The Hall–Kier alpha value is -2.24. The van der Waals surface area contributed by atoms with Crippen molar-refractivity contribution in [3.05, 3.63) is 20.2 Å². The number of esters is 1. The molecule has 9 heteroatoms. The van der Waals surface area contributed by atoms with Crippen LogP contribution in [-0.2, 0) is 9.53 Å². The molecule has 0 atom stereocenters. The van der Waals surface area contributed by atoms with Crippen LogP contribution in [0, 0.1) is 31.6 Å². The predicted octanol–water partition coefficient (Wildman–Crippen LogP) is -1.07. The number of ether oxygens (including phenoxy) is 1. The minimum absolute atomic E-state index is 0.692. The highest BCUT2D eigenvalue weighted by Gasteiger charge is 2.67. The van der Waals surface area contributed by atoms with Crippen molar-refractivity contribution in [2.24, 2.45) is 0 Å². The van der Waals surface area contributed by atoms with Crippen LogP contribution in [0.4, 0.5) is 0 Å². The average Bonchev–Trinajstić information content (AvgIpc) is 2.04. The molecule has 70 valence electrons. The molecule has 13 heavy (non-hydrogen) atoms. The number of nitrogens with zero attached hydrogens (tertiary/aromatic N) is 3. The summed E-state index contributed by atoms with van der Waals surface area (Å²) in [5.41, 5.74) is -3.56. The first-order valence-corrected chi connectivity index (χ1v) is 2.72. The van der Waals surface area contributed by atoms with Gasteiger partial charge in [-0.05, 0) is 0 Å². The molecular weight excluding hydrogens is 186 g/mol. The van der Waals surface area contributed by atoms with Crippen molar-refractivity contribution in [3.63, 3.8) is 0 Å². The standard InChI is InChI=1S/C4H3N3O6/c1-13-3(8)4(2-5,6(9)10)7(11)12/h1H3. The van der Waals surface area contributed by atoms with Gasteiger partial charge in [0.2, 0.25) is 6.07 Å². The van der Waals surface area contributed by atoms with Crippen molar-refractivity contribution in [1.29, 1.82) is 5.26 Å². The first kappa shape index (κ1) is 10.8. The number of hydrogen-bond donors (Lipinski definition) is 0. The van der Waals surface area contributed by atoms with Crippen LogP contribution < -0.4 is 0 Å². The van der Waals surface area contributed by atoms with E-state index in [4.69, 9.17) is 5.26 Å². The molecule has 0 bridgehead atoms. The van der Waals surface area contributed by atoms with Crippen molar-refractivity contribution in [2.75, 3.05) is 7.11 Å². The Kier molecular flexibility index (Phi) is 2.85. The summed E-state index contributed by atoms with van der Waals surface area (Å²) in [6.45, 7) is 0. The summed E-state index contributed by atoms with van der Waals surface area (Å²) < 4.78 is 3.78. The third-order valence-corrected chi connectivity index (χ3v) is 1.15. The molecule has 0 radical (unpaired) electrons. The number of nitro groups is 2. The molecule has 0 saturated heterocycles. The minimum atomic E-state index is -3.56. The molecular formula is C4H3N3O6. The Bertz CT molecular complexity index is 289. The number of rotatable bonds is 3. The average molecular weight is 189 g/mol. The lowest BCUT2D eigenvalue weighted by Gasteiger charge is -2.05. The highest BCUT2D eigenvalue weighted by atomic mass is 16.7. The predicted molar refractivity (Wildman–Crippen MR) is 34.3 cm³/mol. The van der Waals surface area contributed by atoms with Crippen LogP contribution in [0.2, 0.25) is 0 Å². The minimum Gasteiger partial charge on any atom is -0.457 e. The number of nitriles is 1. The molecule has 0 heterocycles. The zero-order chi connectivity index (χ0) is 10.6. The summed E-state index contributed by atoms with van der Waals surface area (Å²) in [5.74, 6) is -1.83. The zero-order valence-electron chi connectivity index (χ0n) is 6.29. The van der Waals surface area contributed by atoms with Gasteiger partial charge in [-0.1, -0.05) is 0 Å². The van der Waals surface area contributed by atoms with Gasteiger partial charge in [-0.15, -0.1) is 0 Å². The van der Waals surface area contributed by atoms with Crippen molar-refractivity contribution >= 4 is 5.97 Å². The largest absolute Gasteiger partial charge is 0.640 e. The number of hydrogen-bond acceptors (Lipinski definition) is 7. The molecule has 0 amide bonds. The quantitative estimate of drug-likeness (QED) is 0.238. The number of methoxy groups -OCH3 is 1. The van der Waals surface area contributed by atoms with E-state index in [-0.39, 0.29) is 0 Å². The second kappa shape index (κ2) is 3.44. The van der Waals surface area contributed by atoms with Gasteiger partial charge < -0.3 is 4.74 Å². The summed E-state index contributed by atoms with van der Waals surface area (Å²) in [4.78, 5) is 27.7. The summed E-state index contributed by atoms with van der Waals surface area (Å²) in [6.07, 6.45) is 0. The SMILES string of the molecule is COC(=O)C(C#N)([N+](=O)[O-])[N+](=O)[O-]. The Morgan fingerprint density at radius 2 is 1.85 bits per heavy atom. The van der Waals surface area contributed by atoms with Gasteiger partial charge in [-0.25, -0.2) is 4.79 Å². The third-order valence-electron chi connectivity index (χ3n) is 1.15. The fraction of sp³-hybridized carbons (Fsp3) is 0.500. The lowest BCUT2D eigenvalue weighted by molar-refractivity contribution is -0.759. The summed E-state index contributed by atoms with van der Waals surface area (Å²) in [5, 5.41) is 28.5. The molecule has 0 aliphatic heterocycles. The van der Waals surface area contributed by atoms with E-state index in [0.717, 1.165) is 0 Å². The van der Waals surface area contributed by atoms with Crippen LogP contribution in [0.3, 0.4) is 0 Å². The molecule has 0 aromatic carbocycles. The topological polar surface area (TPSA) is 136 Å². The van der Waals surface area contributed by atoms with E-state index in [1.807, 2.05) is 0 Å².